The fraction of sp³-hybridized carbons (Fsp3) is 0.133. The molecule has 2 N–H and O–H groups in total. The molecule has 0 aromatic heterocycles. The zero-order chi connectivity index (χ0) is 16.7. The zero-order valence-electron chi connectivity index (χ0n) is 12.3. The van der Waals surface area contributed by atoms with Crippen LogP contribution in [0.3, 0.4) is 0 Å². The molecule has 0 bridgehead atoms. The highest BCUT2D eigenvalue weighted by atomic mass is 35.5. The average molecular weight is 351 g/mol. The highest BCUT2D eigenvalue weighted by Crippen LogP contribution is 2.33. The van der Waals surface area contributed by atoms with Gasteiger partial charge in [0.15, 0.2) is 0 Å². The Morgan fingerprint density at radius 1 is 1.30 bits per heavy atom. The second kappa shape index (κ2) is 8.40. The fourth-order valence-corrected chi connectivity index (χ4v) is 2.70. The first-order valence-electron chi connectivity index (χ1n) is 6.85. The highest BCUT2D eigenvalue weighted by Gasteiger charge is 2.12. The maximum Gasteiger partial charge on any atom is 0.270 e. The Morgan fingerprint density at radius 2 is 2.09 bits per heavy atom. The molecule has 2 aromatic rings. The number of anilines is 2. The molecule has 0 atom stereocenters. The van der Waals surface area contributed by atoms with Crippen molar-refractivity contribution in [1.29, 1.82) is 0 Å². The first kappa shape index (κ1) is 17.1. The molecule has 8 heteroatoms. The summed E-state index contributed by atoms with van der Waals surface area (Å²) < 4.78 is 3.10. The molecule has 23 heavy (non-hydrogen) atoms. The lowest BCUT2D eigenvalue weighted by molar-refractivity contribution is -0.385. The minimum atomic E-state index is -0.432. The Morgan fingerprint density at radius 3 is 2.78 bits per heavy atom. The Bertz CT molecular complexity index is 724. The van der Waals surface area contributed by atoms with E-state index in [0.717, 1.165) is 12.1 Å². The molecule has 0 aliphatic rings. The summed E-state index contributed by atoms with van der Waals surface area (Å²) >= 11 is 7.32. The third kappa shape index (κ3) is 4.87. The zero-order valence-corrected chi connectivity index (χ0v) is 13.9. The number of para-hydroxylation sites is 1. The number of rotatable bonds is 7. The second-order valence-corrected chi connectivity index (χ2v) is 5.71. The predicted molar refractivity (Wildman–Crippen MR) is 96.4 cm³/mol. The van der Waals surface area contributed by atoms with Gasteiger partial charge in [-0.1, -0.05) is 30.7 Å². The molecule has 2 aromatic carbocycles. The lowest BCUT2D eigenvalue weighted by Gasteiger charge is -2.10. The number of hydrazone groups is 1. The molecule has 0 saturated carbocycles. The monoisotopic (exact) mass is 350 g/mol. The van der Waals surface area contributed by atoms with Crippen LogP contribution in [0.1, 0.15) is 13.3 Å². The van der Waals surface area contributed by atoms with Gasteiger partial charge in [0.05, 0.1) is 26.2 Å². The SMILES string of the molecule is CC/C=N/Nc1ccc([N+](=O)[O-])cc1SNc1ccccc1Cl. The van der Waals surface area contributed by atoms with E-state index < -0.39 is 4.92 Å². The van der Waals surface area contributed by atoms with Crippen LogP contribution in [0, 0.1) is 10.1 Å². The van der Waals surface area contributed by atoms with E-state index in [9.17, 15) is 10.1 Å². The minimum absolute atomic E-state index is 0.0125. The van der Waals surface area contributed by atoms with E-state index >= 15 is 0 Å². The normalized spacial score (nSPS) is 10.7. The Hall–Kier alpha value is -2.25. The van der Waals surface area contributed by atoms with Crippen LogP contribution in [0.2, 0.25) is 5.02 Å². The van der Waals surface area contributed by atoms with E-state index in [1.807, 2.05) is 25.1 Å². The number of hydrogen-bond acceptors (Lipinski definition) is 6. The maximum absolute atomic E-state index is 11.0. The molecular weight excluding hydrogens is 336 g/mol. The van der Waals surface area contributed by atoms with Gasteiger partial charge in [0.1, 0.15) is 0 Å². The molecule has 0 radical (unpaired) electrons. The van der Waals surface area contributed by atoms with E-state index in [2.05, 4.69) is 15.2 Å². The molecule has 2 rings (SSSR count). The summed E-state index contributed by atoms with van der Waals surface area (Å²) in [5.74, 6) is 0. The van der Waals surface area contributed by atoms with Crippen molar-refractivity contribution in [1.82, 2.24) is 0 Å². The van der Waals surface area contributed by atoms with Crippen LogP contribution in [0.15, 0.2) is 52.5 Å². The Kier molecular flexibility index (Phi) is 6.25. The third-order valence-electron chi connectivity index (χ3n) is 2.78. The summed E-state index contributed by atoms with van der Waals surface area (Å²) in [5, 5.41) is 15.6. The predicted octanol–water partition coefficient (Wildman–Crippen LogP) is 5.18. The van der Waals surface area contributed by atoms with Gasteiger partial charge >= 0.3 is 0 Å². The van der Waals surface area contributed by atoms with E-state index in [1.165, 1.54) is 24.1 Å². The van der Waals surface area contributed by atoms with Gasteiger partial charge in [0.25, 0.3) is 5.69 Å². The van der Waals surface area contributed by atoms with E-state index in [1.54, 1.807) is 18.3 Å². The second-order valence-electron chi connectivity index (χ2n) is 4.45. The van der Waals surface area contributed by atoms with Crippen molar-refractivity contribution in [2.45, 2.75) is 18.2 Å². The van der Waals surface area contributed by atoms with Crippen molar-refractivity contribution in [2.24, 2.45) is 5.10 Å². The molecule has 0 fully saturated rings. The first-order valence-corrected chi connectivity index (χ1v) is 8.04. The number of nitro benzene ring substituents is 1. The van der Waals surface area contributed by atoms with Gasteiger partial charge in [-0.2, -0.15) is 5.10 Å². The van der Waals surface area contributed by atoms with Crippen LogP contribution in [-0.4, -0.2) is 11.1 Å². The summed E-state index contributed by atoms with van der Waals surface area (Å²) in [6.07, 6.45) is 2.51. The van der Waals surface area contributed by atoms with E-state index in [4.69, 9.17) is 11.6 Å². The van der Waals surface area contributed by atoms with Gasteiger partial charge in [0, 0.05) is 18.3 Å². The van der Waals surface area contributed by atoms with Crippen molar-refractivity contribution in [3.8, 4) is 0 Å². The van der Waals surface area contributed by atoms with E-state index in [0.29, 0.717) is 15.6 Å². The quantitative estimate of drug-likeness (QED) is 0.311. The summed E-state index contributed by atoms with van der Waals surface area (Å²) in [5.41, 5.74) is 4.30. The lowest BCUT2D eigenvalue weighted by Crippen LogP contribution is -1.96. The van der Waals surface area contributed by atoms with Gasteiger partial charge in [-0.05, 0) is 36.6 Å². The molecule has 0 aliphatic carbocycles. The molecular formula is C15H15ClN4O2S. The van der Waals surface area contributed by atoms with Crippen molar-refractivity contribution in [3.05, 3.63) is 57.6 Å². The Balaban J connectivity index is 2.22. The lowest BCUT2D eigenvalue weighted by atomic mass is 10.3. The van der Waals surface area contributed by atoms with Crippen LogP contribution in [0.5, 0.6) is 0 Å². The summed E-state index contributed by atoms with van der Waals surface area (Å²) in [7, 11) is 0. The van der Waals surface area contributed by atoms with Crippen LogP contribution < -0.4 is 10.1 Å². The number of benzene rings is 2. The number of nitrogens with one attached hydrogen (secondary N) is 2. The minimum Gasteiger partial charge on any atom is -0.324 e. The summed E-state index contributed by atoms with van der Waals surface area (Å²) in [6.45, 7) is 1.97. The molecule has 0 unspecified atom stereocenters. The number of hydrogen-bond donors (Lipinski definition) is 2. The third-order valence-corrected chi connectivity index (χ3v) is 3.99. The topological polar surface area (TPSA) is 79.6 Å². The molecule has 120 valence electrons. The molecule has 0 saturated heterocycles. The summed E-state index contributed by atoms with van der Waals surface area (Å²) in [6, 6.07) is 11.8. The molecule has 0 spiro atoms. The number of nitro groups is 1. The van der Waals surface area contributed by atoms with Crippen molar-refractivity contribution in [3.63, 3.8) is 0 Å². The largest absolute Gasteiger partial charge is 0.324 e. The van der Waals surface area contributed by atoms with Gasteiger partial charge in [-0.25, -0.2) is 0 Å². The van der Waals surface area contributed by atoms with Gasteiger partial charge < -0.3 is 4.72 Å². The molecule has 6 nitrogen and oxygen atoms in total. The van der Waals surface area contributed by atoms with Crippen LogP contribution >= 0.6 is 23.5 Å². The fourth-order valence-electron chi connectivity index (χ4n) is 1.66. The standard InChI is InChI=1S/C15H15ClN4O2S/c1-2-9-17-18-14-8-7-11(20(21)22)10-15(14)23-19-13-6-4-3-5-12(13)16/h3-10,18-19H,2H2,1H3/b17-9+. The average Bonchev–Trinajstić information content (AvgIpc) is 2.55. The van der Waals surface area contributed by atoms with E-state index in [-0.39, 0.29) is 5.69 Å². The first-order chi connectivity index (χ1) is 11.1. The van der Waals surface area contributed by atoms with Crippen LogP contribution in [-0.2, 0) is 0 Å². The van der Waals surface area contributed by atoms with Crippen molar-refractivity contribution >= 4 is 46.8 Å². The Labute approximate surface area is 143 Å². The number of halogens is 1. The number of nitrogens with zero attached hydrogens (tertiary/aromatic N) is 2. The summed E-state index contributed by atoms with van der Waals surface area (Å²) in [4.78, 5) is 11.2. The van der Waals surface area contributed by atoms with Crippen LogP contribution in [0.4, 0.5) is 17.1 Å². The van der Waals surface area contributed by atoms with Crippen molar-refractivity contribution in [2.75, 3.05) is 10.1 Å². The van der Waals surface area contributed by atoms with Crippen LogP contribution in [0.25, 0.3) is 0 Å². The maximum atomic E-state index is 11.0. The number of non-ortho nitro benzene ring substituents is 1. The van der Waals surface area contributed by atoms with Gasteiger partial charge in [-0.15, -0.1) is 0 Å². The molecule has 0 heterocycles. The van der Waals surface area contributed by atoms with Gasteiger partial charge in [-0.3, -0.25) is 15.5 Å². The smallest absolute Gasteiger partial charge is 0.270 e. The highest BCUT2D eigenvalue weighted by molar-refractivity contribution is 8.00. The molecule has 0 aliphatic heterocycles. The molecule has 0 amide bonds. The van der Waals surface area contributed by atoms with Crippen molar-refractivity contribution < 1.29 is 4.92 Å². The van der Waals surface area contributed by atoms with Gasteiger partial charge in [0.2, 0.25) is 0 Å².